The molecule has 0 amide bonds. The Hall–Kier alpha value is -4.87. The summed E-state index contributed by atoms with van der Waals surface area (Å²) < 4.78 is 15.9. The van der Waals surface area contributed by atoms with Crippen LogP contribution in [-0.2, 0) is 5.75 Å². The van der Waals surface area contributed by atoms with Gasteiger partial charge in [-0.05, 0) is 78.7 Å². The van der Waals surface area contributed by atoms with Crippen LogP contribution in [0.25, 0.3) is 33.4 Å². The van der Waals surface area contributed by atoms with Crippen LogP contribution in [0.4, 0.5) is 0 Å². The number of hydrogen-bond donors (Lipinski definition) is 0. The maximum Gasteiger partial charge on any atom is 0.347 e. The number of carbonyl (C=O) groups excluding carboxylic acids is 1. The normalized spacial score (nSPS) is 10.8. The molecule has 2 heterocycles. The van der Waals surface area contributed by atoms with Gasteiger partial charge in [-0.3, -0.25) is 4.79 Å². The topological polar surface area (TPSA) is 102 Å². The first-order valence-corrected chi connectivity index (χ1v) is 13.3. The summed E-state index contributed by atoms with van der Waals surface area (Å²) in [4.78, 5) is 28.8. The molecule has 7 nitrogen and oxygen atoms in total. The summed E-state index contributed by atoms with van der Waals surface area (Å²) in [7, 11) is 3.23. The standard InChI is InChI=1S/C32H24N2O5S/c1-19(35)26-15-23-14-20(4-13-30(23)39-32(26)36)18-40-31-28(17-33)27(21-5-9-24(37-2)10-6-21)16-29(34-31)22-7-11-25(38-3)12-8-22/h4-16H,18H2,1-3H3. The zero-order valence-electron chi connectivity index (χ0n) is 22.1. The van der Waals surface area contributed by atoms with Gasteiger partial charge in [0.15, 0.2) is 5.78 Å². The number of rotatable bonds is 8. The van der Waals surface area contributed by atoms with Gasteiger partial charge in [0.25, 0.3) is 0 Å². The maximum atomic E-state index is 12.1. The summed E-state index contributed by atoms with van der Waals surface area (Å²) in [5, 5.41) is 11.5. The largest absolute Gasteiger partial charge is 0.497 e. The highest BCUT2D eigenvalue weighted by atomic mass is 32.2. The van der Waals surface area contributed by atoms with Crippen molar-refractivity contribution in [1.82, 2.24) is 4.98 Å². The van der Waals surface area contributed by atoms with Crippen LogP contribution in [0.3, 0.4) is 0 Å². The van der Waals surface area contributed by atoms with Crippen molar-refractivity contribution in [2.75, 3.05) is 14.2 Å². The van der Waals surface area contributed by atoms with Gasteiger partial charge in [0.2, 0.25) is 0 Å². The molecule has 3 aromatic carbocycles. The second kappa shape index (κ2) is 11.5. The molecule has 0 saturated carbocycles. The first kappa shape index (κ1) is 26.7. The molecule has 5 aromatic rings. The first-order chi connectivity index (χ1) is 19.4. The van der Waals surface area contributed by atoms with Gasteiger partial charge in [0.1, 0.15) is 33.7 Å². The number of thioether (sulfide) groups is 1. The molecule has 2 aromatic heterocycles. The summed E-state index contributed by atoms with van der Waals surface area (Å²) in [6.45, 7) is 1.34. The molecule has 5 rings (SSSR count). The van der Waals surface area contributed by atoms with Crippen LogP contribution in [0.15, 0.2) is 93.1 Å². The summed E-state index contributed by atoms with van der Waals surface area (Å²) in [5.74, 6) is 1.61. The highest BCUT2D eigenvalue weighted by molar-refractivity contribution is 7.98. The lowest BCUT2D eigenvalue weighted by Crippen LogP contribution is -2.10. The lowest BCUT2D eigenvalue weighted by atomic mass is 9.99. The molecule has 0 radical (unpaired) electrons. The van der Waals surface area contributed by atoms with E-state index in [1.807, 2.05) is 66.7 Å². The van der Waals surface area contributed by atoms with Crippen LogP contribution < -0.4 is 15.1 Å². The summed E-state index contributed by atoms with van der Waals surface area (Å²) in [6, 6.07) is 26.5. The third-order valence-electron chi connectivity index (χ3n) is 6.44. The highest BCUT2D eigenvalue weighted by Crippen LogP contribution is 2.36. The van der Waals surface area contributed by atoms with Crippen LogP contribution in [0.1, 0.15) is 28.4 Å². The molecule has 0 saturated heterocycles. The fourth-order valence-electron chi connectivity index (χ4n) is 4.30. The molecule has 40 heavy (non-hydrogen) atoms. The van der Waals surface area contributed by atoms with Crippen molar-refractivity contribution in [3.63, 3.8) is 0 Å². The number of ether oxygens (including phenoxy) is 2. The predicted octanol–water partition coefficient (Wildman–Crippen LogP) is 6.91. The van der Waals surface area contributed by atoms with Gasteiger partial charge in [0.05, 0.1) is 25.5 Å². The third-order valence-corrected chi connectivity index (χ3v) is 7.48. The molecule has 0 aliphatic heterocycles. The van der Waals surface area contributed by atoms with E-state index < -0.39 is 5.63 Å². The quantitative estimate of drug-likeness (QED) is 0.117. The zero-order valence-corrected chi connectivity index (χ0v) is 22.9. The number of benzene rings is 3. The molecular formula is C32H24N2O5S. The van der Waals surface area contributed by atoms with Gasteiger partial charge in [-0.1, -0.05) is 18.2 Å². The minimum absolute atomic E-state index is 0.0158. The Balaban J connectivity index is 1.56. The monoisotopic (exact) mass is 548 g/mol. The number of Topliss-reactive ketones (excluding diaryl/α,β-unsaturated/α-hetero) is 1. The van der Waals surface area contributed by atoms with Crippen LogP contribution in [0, 0.1) is 11.3 Å². The number of nitrogens with zero attached hydrogens (tertiary/aromatic N) is 2. The van der Waals surface area contributed by atoms with Crippen molar-refractivity contribution in [3.05, 3.63) is 106 Å². The van der Waals surface area contributed by atoms with Crippen molar-refractivity contribution in [2.24, 2.45) is 0 Å². The molecule has 8 heteroatoms. The predicted molar refractivity (Wildman–Crippen MR) is 155 cm³/mol. The first-order valence-electron chi connectivity index (χ1n) is 12.3. The van der Waals surface area contributed by atoms with Crippen LogP contribution in [0.2, 0.25) is 0 Å². The van der Waals surface area contributed by atoms with E-state index in [0.717, 1.165) is 39.4 Å². The lowest BCUT2D eigenvalue weighted by molar-refractivity contribution is 0.101. The Bertz CT molecular complexity index is 1820. The zero-order chi connectivity index (χ0) is 28.2. The highest BCUT2D eigenvalue weighted by Gasteiger charge is 2.17. The second-order valence-corrected chi connectivity index (χ2v) is 9.93. The van der Waals surface area contributed by atoms with Crippen LogP contribution >= 0.6 is 11.8 Å². The molecule has 0 atom stereocenters. The van der Waals surface area contributed by atoms with E-state index in [2.05, 4.69) is 6.07 Å². The Kier molecular flexibility index (Phi) is 7.67. The van der Waals surface area contributed by atoms with E-state index in [1.54, 1.807) is 26.4 Å². The number of nitriles is 1. The summed E-state index contributed by atoms with van der Waals surface area (Å²) in [5.41, 5.74) is 4.41. The molecule has 0 unspecified atom stereocenters. The minimum atomic E-state index is -0.647. The maximum absolute atomic E-state index is 12.1. The molecule has 0 fully saturated rings. The van der Waals surface area contributed by atoms with E-state index in [9.17, 15) is 14.9 Å². The number of hydrogen-bond acceptors (Lipinski definition) is 8. The number of carbonyl (C=O) groups is 1. The van der Waals surface area contributed by atoms with Crippen molar-refractivity contribution in [2.45, 2.75) is 17.7 Å². The third kappa shape index (κ3) is 5.46. The van der Waals surface area contributed by atoms with Gasteiger partial charge < -0.3 is 13.9 Å². The van der Waals surface area contributed by atoms with E-state index in [-0.39, 0.29) is 11.3 Å². The number of fused-ring (bicyclic) bond motifs is 1. The molecule has 198 valence electrons. The summed E-state index contributed by atoms with van der Waals surface area (Å²) >= 11 is 1.44. The molecule has 0 aliphatic rings. The fourth-order valence-corrected chi connectivity index (χ4v) is 5.25. The second-order valence-electron chi connectivity index (χ2n) is 8.97. The SMILES string of the molecule is COc1ccc(-c2cc(-c3ccc(OC)cc3)c(C#N)c(SCc3ccc4oc(=O)c(C(C)=O)cc4c3)n2)cc1. The summed E-state index contributed by atoms with van der Waals surface area (Å²) in [6.07, 6.45) is 0. The Labute approximate surface area is 235 Å². The Morgan fingerprint density at radius 3 is 2.17 bits per heavy atom. The average Bonchev–Trinajstić information content (AvgIpc) is 2.99. The van der Waals surface area contributed by atoms with Gasteiger partial charge in [0, 0.05) is 22.3 Å². The van der Waals surface area contributed by atoms with Crippen molar-refractivity contribution >= 4 is 28.5 Å². The fraction of sp³-hybridized carbons (Fsp3) is 0.125. The Morgan fingerprint density at radius 2 is 1.57 bits per heavy atom. The van der Waals surface area contributed by atoms with Crippen molar-refractivity contribution < 1.29 is 18.7 Å². The Morgan fingerprint density at radius 1 is 0.925 bits per heavy atom. The molecular weight excluding hydrogens is 524 g/mol. The molecule has 0 spiro atoms. The van der Waals surface area contributed by atoms with Gasteiger partial charge in [-0.15, -0.1) is 11.8 Å². The smallest absolute Gasteiger partial charge is 0.347 e. The van der Waals surface area contributed by atoms with Crippen LogP contribution in [0.5, 0.6) is 11.5 Å². The van der Waals surface area contributed by atoms with E-state index in [0.29, 0.717) is 27.3 Å². The van der Waals surface area contributed by atoms with E-state index >= 15 is 0 Å². The van der Waals surface area contributed by atoms with Crippen molar-refractivity contribution in [1.29, 1.82) is 5.26 Å². The number of ketones is 1. The number of pyridine rings is 1. The molecule has 0 bridgehead atoms. The van der Waals surface area contributed by atoms with Gasteiger partial charge >= 0.3 is 5.63 Å². The van der Waals surface area contributed by atoms with Gasteiger partial charge in [-0.25, -0.2) is 9.78 Å². The van der Waals surface area contributed by atoms with E-state index in [4.69, 9.17) is 18.9 Å². The van der Waals surface area contributed by atoms with E-state index in [1.165, 1.54) is 18.7 Å². The number of aromatic nitrogens is 1. The minimum Gasteiger partial charge on any atom is -0.497 e. The molecule has 0 aliphatic carbocycles. The van der Waals surface area contributed by atoms with Gasteiger partial charge in [-0.2, -0.15) is 5.26 Å². The van der Waals surface area contributed by atoms with Crippen molar-refractivity contribution in [3.8, 4) is 40.0 Å². The molecule has 0 N–H and O–H groups in total. The number of methoxy groups -OCH3 is 2. The average molecular weight is 549 g/mol. The van der Waals surface area contributed by atoms with Crippen LogP contribution in [-0.4, -0.2) is 25.0 Å². The lowest BCUT2D eigenvalue weighted by Gasteiger charge is -2.13.